The summed E-state index contributed by atoms with van der Waals surface area (Å²) in [7, 11) is 4.10. The molecule has 0 unspecified atom stereocenters. The fraction of sp³-hybridized carbons (Fsp3) is 0.444. The highest BCUT2D eigenvalue weighted by molar-refractivity contribution is 6.05. The molecule has 0 saturated carbocycles. The van der Waals surface area contributed by atoms with Crippen molar-refractivity contribution in [3.05, 3.63) is 35.5 Å². The first kappa shape index (κ1) is 17.2. The van der Waals surface area contributed by atoms with Gasteiger partial charge in [-0.3, -0.25) is 4.98 Å². The molecule has 1 aromatic heterocycles. The van der Waals surface area contributed by atoms with Gasteiger partial charge in [-0.05, 0) is 46.5 Å². The second kappa shape index (κ2) is 7.92. The van der Waals surface area contributed by atoms with Crippen LogP contribution in [0, 0.1) is 6.92 Å². The van der Waals surface area contributed by atoms with E-state index in [1.54, 1.807) is 13.1 Å². The van der Waals surface area contributed by atoms with E-state index >= 15 is 0 Å². The molecule has 0 bridgehead atoms. The number of pyridine rings is 1. The van der Waals surface area contributed by atoms with Gasteiger partial charge in [0, 0.05) is 18.1 Å². The largest absolute Gasteiger partial charge is 0.462 e. The highest BCUT2D eigenvalue weighted by Crippen LogP contribution is 2.28. The Balaban J connectivity index is 2.36. The van der Waals surface area contributed by atoms with Crippen LogP contribution in [0.5, 0.6) is 0 Å². The van der Waals surface area contributed by atoms with Crippen molar-refractivity contribution in [3.8, 4) is 0 Å². The molecule has 1 heterocycles. The predicted octanol–water partition coefficient (Wildman–Crippen LogP) is 3.08. The topological polar surface area (TPSA) is 54.5 Å². The number of anilines is 1. The van der Waals surface area contributed by atoms with Gasteiger partial charge in [0.1, 0.15) is 5.56 Å². The zero-order valence-corrected chi connectivity index (χ0v) is 14.3. The molecule has 0 radical (unpaired) electrons. The van der Waals surface area contributed by atoms with E-state index in [1.165, 1.54) is 0 Å². The lowest BCUT2D eigenvalue weighted by Crippen LogP contribution is -2.17. The van der Waals surface area contributed by atoms with Gasteiger partial charge in [-0.15, -0.1) is 0 Å². The van der Waals surface area contributed by atoms with Crippen molar-refractivity contribution >= 4 is 22.6 Å². The molecular formula is C18H25N3O2. The molecule has 2 rings (SSSR count). The zero-order valence-electron chi connectivity index (χ0n) is 14.3. The molecule has 5 nitrogen and oxygen atoms in total. The van der Waals surface area contributed by atoms with Crippen LogP contribution in [0.4, 0.5) is 5.69 Å². The first-order valence-electron chi connectivity index (χ1n) is 7.98. The number of benzene rings is 1. The average Bonchev–Trinajstić information content (AvgIpc) is 2.51. The summed E-state index contributed by atoms with van der Waals surface area (Å²) in [6.45, 7) is 5.96. The number of ether oxygens (including phenoxy) is 1. The molecule has 2 aromatic rings. The maximum Gasteiger partial charge on any atom is 0.341 e. The zero-order chi connectivity index (χ0) is 16.8. The van der Waals surface area contributed by atoms with E-state index in [2.05, 4.69) is 29.3 Å². The van der Waals surface area contributed by atoms with Crippen LogP contribution in [0.25, 0.3) is 10.9 Å². The van der Waals surface area contributed by atoms with E-state index in [1.807, 2.05) is 25.1 Å². The summed E-state index contributed by atoms with van der Waals surface area (Å²) in [5.74, 6) is -0.335. The Morgan fingerprint density at radius 1 is 1.35 bits per heavy atom. The van der Waals surface area contributed by atoms with Gasteiger partial charge in [-0.1, -0.05) is 18.2 Å². The molecule has 0 fully saturated rings. The maximum absolute atomic E-state index is 12.2. The van der Waals surface area contributed by atoms with Gasteiger partial charge < -0.3 is 15.0 Å². The number of esters is 1. The first-order chi connectivity index (χ1) is 11.0. The molecule has 0 aliphatic heterocycles. The normalized spacial score (nSPS) is 11.0. The average molecular weight is 315 g/mol. The SMILES string of the molecule is CCOC(=O)c1cnc2c(C)cccc2c1NCCCN(C)C. The summed E-state index contributed by atoms with van der Waals surface area (Å²) in [4.78, 5) is 18.8. The number of hydrogen-bond acceptors (Lipinski definition) is 5. The number of nitrogens with zero attached hydrogens (tertiary/aromatic N) is 2. The fourth-order valence-corrected chi connectivity index (χ4v) is 2.53. The lowest BCUT2D eigenvalue weighted by molar-refractivity contribution is 0.0527. The van der Waals surface area contributed by atoms with Crippen LogP contribution in [-0.2, 0) is 4.74 Å². The molecule has 5 heteroatoms. The highest BCUT2D eigenvalue weighted by Gasteiger charge is 2.17. The molecule has 0 aliphatic rings. The van der Waals surface area contributed by atoms with E-state index in [0.29, 0.717) is 12.2 Å². The Hall–Kier alpha value is -2.14. The Bertz CT molecular complexity index is 683. The summed E-state index contributed by atoms with van der Waals surface area (Å²) in [6.07, 6.45) is 2.60. The Morgan fingerprint density at radius 3 is 2.83 bits per heavy atom. The monoisotopic (exact) mass is 315 g/mol. The molecule has 23 heavy (non-hydrogen) atoms. The molecule has 1 N–H and O–H groups in total. The van der Waals surface area contributed by atoms with E-state index < -0.39 is 0 Å². The number of hydrogen-bond donors (Lipinski definition) is 1. The minimum atomic E-state index is -0.335. The van der Waals surface area contributed by atoms with Crippen molar-refractivity contribution < 1.29 is 9.53 Å². The summed E-state index contributed by atoms with van der Waals surface area (Å²) in [5.41, 5.74) is 3.32. The van der Waals surface area contributed by atoms with E-state index in [4.69, 9.17) is 4.74 Å². The number of carbonyl (C=O) groups excluding carboxylic acids is 1. The van der Waals surface area contributed by atoms with Gasteiger partial charge in [0.05, 0.1) is 17.8 Å². The summed E-state index contributed by atoms with van der Waals surface area (Å²) in [6, 6.07) is 6.00. The van der Waals surface area contributed by atoms with Crippen LogP contribution in [0.15, 0.2) is 24.4 Å². The van der Waals surface area contributed by atoms with Crippen LogP contribution in [0.3, 0.4) is 0 Å². The number of rotatable bonds is 7. The van der Waals surface area contributed by atoms with E-state index in [0.717, 1.165) is 41.7 Å². The summed E-state index contributed by atoms with van der Waals surface area (Å²) >= 11 is 0. The van der Waals surface area contributed by atoms with Crippen LogP contribution in [0.1, 0.15) is 29.3 Å². The van der Waals surface area contributed by atoms with Crippen molar-refractivity contribution in [2.45, 2.75) is 20.3 Å². The minimum absolute atomic E-state index is 0.335. The number of para-hydroxylation sites is 1. The van der Waals surface area contributed by atoms with Crippen LogP contribution < -0.4 is 5.32 Å². The second-order valence-corrected chi connectivity index (χ2v) is 5.82. The quantitative estimate of drug-likeness (QED) is 0.628. The van der Waals surface area contributed by atoms with Crippen molar-refractivity contribution in [2.24, 2.45) is 0 Å². The van der Waals surface area contributed by atoms with Gasteiger partial charge in [-0.25, -0.2) is 4.79 Å². The minimum Gasteiger partial charge on any atom is -0.462 e. The molecule has 0 aliphatic carbocycles. The lowest BCUT2D eigenvalue weighted by atomic mass is 10.1. The van der Waals surface area contributed by atoms with Crippen molar-refractivity contribution in [1.82, 2.24) is 9.88 Å². The number of fused-ring (bicyclic) bond motifs is 1. The van der Waals surface area contributed by atoms with Crippen molar-refractivity contribution in [1.29, 1.82) is 0 Å². The summed E-state index contributed by atoms with van der Waals surface area (Å²) in [5, 5.41) is 4.37. The second-order valence-electron chi connectivity index (χ2n) is 5.82. The van der Waals surface area contributed by atoms with Crippen LogP contribution in [-0.4, -0.2) is 49.6 Å². The standard InChI is InChI=1S/C18H25N3O2/c1-5-23-18(22)15-12-20-16-13(2)8-6-9-14(16)17(15)19-10-7-11-21(3)4/h6,8-9,12H,5,7,10-11H2,1-4H3,(H,19,20). The van der Waals surface area contributed by atoms with Gasteiger partial charge in [-0.2, -0.15) is 0 Å². The van der Waals surface area contributed by atoms with E-state index in [-0.39, 0.29) is 5.97 Å². The highest BCUT2D eigenvalue weighted by atomic mass is 16.5. The van der Waals surface area contributed by atoms with Crippen molar-refractivity contribution in [3.63, 3.8) is 0 Å². The van der Waals surface area contributed by atoms with E-state index in [9.17, 15) is 4.79 Å². The third kappa shape index (κ3) is 4.20. The number of nitrogens with one attached hydrogen (secondary N) is 1. The van der Waals surface area contributed by atoms with Crippen LogP contribution >= 0.6 is 0 Å². The smallest absolute Gasteiger partial charge is 0.341 e. The van der Waals surface area contributed by atoms with Crippen molar-refractivity contribution in [2.75, 3.05) is 39.1 Å². The molecule has 0 saturated heterocycles. The molecule has 0 amide bonds. The lowest BCUT2D eigenvalue weighted by Gasteiger charge is -2.16. The van der Waals surface area contributed by atoms with Gasteiger partial charge in [0.2, 0.25) is 0 Å². The Morgan fingerprint density at radius 2 is 2.13 bits per heavy atom. The molecule has 0 atom stereocenters. The number of aryl methyl sites for hydroxylation is 1. The molecule has 0 spiro atoms. The Kier molecular flexibility index (Phi) is 5.93. The number of aromatic nitrogens is 1. The van der Waals surface area contributed by atoms with Gasteiger partial charge in [0.15, 0.2) is 0 Å². The van der Waals surface area contributed by atoms with Gasteiger partial charge in [0.25, 0.3) is 0 Å². The molecule has 1 aromatic carbocycles. The maximum atomic E-state index is 12.2. The third-order valence-corrected chi connectivity index (χ3v) is 3.68. The molecular weight excluding hydrogens is 290 g/mol. The van der Waals surface area contributed by atoms with Crippen LogP contribution in [0.2, 0.25) is 0 Å². The number of carbonyl (C=O) groups is 1. The Labute approximate surface area is 137 Å². The summed E-state index contributed by atoms with van der Waals surface area (Å²) < 4.78 is 5.17. The predicted molar refractivity (Wildman–Crippen MR) is 94.1 cm³/mol. The van der Waals surface area contributed by atoms with Gasteiger partial charge >= 0.3 is 5.97 Å². The first-order valence-corrected chi connectivity index (χ1v) is 7.98. The molecule has 124 valence electrons. The fourth-order valence-electron chi connectivity index (χ4n) is 2.53. The third-order valence-electron chi connectivity index (χ3n) is 3.68.